The van der Waals surface area contributed by atoms with Crippen LogP contribution < -0.4 is 14.2 Å². The third-order valence-electron chi connectivity index (χ3n) is 4.93. The molecule has 0 radical (unpaired) electrons. The van der Waals surface area contributed by atoms with Gasteiger partial charge in [-0.1, -0.05) is 12.1 Å². The highest BCUT2D eigenvalue weighted by molar-refractivity contribution is 5.89. The van der Waals surface area contributed by atoms with Gasteiger partial charge in [0.2, 0.25) is 0 Å². The van der Waals surface area contributed by atoms with Gasteiger partial charge in [0.15, 0.2) is 11.3 Å². The molecule has 8 nitrogen and oxygen atoms in total. The Kier molecular flexibility index (Phi) is 6.76. The van der Waals surface area contributed by atoms with E-state index < -0.39 is 12.3 Å². The van der Waals surface area contributed by atoms with Crippen molar-refractivity contribution in [2.75, 3.05) is 13.2 Å². The van der Waals surface area contributed by atoms with Crippen LogP contribution in [0.1, 0.15) is 23.1 Å². The van der Waals surface area contributed by atoms with Crippen molar-refractivity contribution in [3.05, 3.63) is 72.3 Å². The molecule has 0 fully saturated rings. The fourth-order valence-electron chi connectivity index (χ4n) is 3.54. The van der Waals surface area contributed by atoms with Gasteiger partial charge in [-0.05, 0) is 43.3 Å². The SMILES string of the molecule is CCOc1cccc(-c2nccn3c(CCOc4ccc(OC(F)(F)F)cc4)c(C(=O)O)nc23)c1. The van der Waals surface area contributed by atoms with Gasteiger partial charge in [0.05, 0.1) is 18.9 Å². The zero-order valence-electron chi connectivity index (χ0n) is 18.5. The molecule has 0 aliphatic carbocycles. The lowest BCUT2D eigenvalue weighted by atomic mass is 10.1. The summed E-state index contributed by atoms with van der Waals surface area (Å²) in [5.41, 5.74) is 1.82. The molecule has 0 aliphatic heterocycles. The van der Waals surface area contributed by atoms with E-state index in [4.69, 9.17) is 9.47 Å². The van der Waals surface area contributed by atoms with Gasteiger partial charge in [-0.2, -0.15) is 0 Å². The fraction of sp³-hybridized carbons (Fsp3) is 0.208. The number of alkyl halides is 3. The molecule has 0 saturated heterocycles. The number of hydrogen-bond donors (Lipinski definition) is 1. The first kappa shape index (κ1) is 23.9. The smallest absolute Gasteiger partial charge is 0.494 e. The molecule has 0 aliphatic rings. The lowest BCUT2D eigenvalue weighted by molar-refractivity contribution is -0.274. The van der Waals surface area contributed by atoms with E-state index in [1.165, 1.54) is 12.1 Å². The van der Waals surface area contributed by atoms with Crippen molar-refractivity contribution >= 4 is 11.6 Å². The van der Waals surface area contributed by atoms with E-state index in [9.17, 15) is 23.1 Å². The lowest BCUT2D eigenvalue weighted by Crippen LogP contribution is -2.17. The highest BCUT2D eigenvalue weighted by Crippen LogP contribution is 2.28. The summed E-state index contributed by atoms with van der Waals surface area (Å²) in [6, 6.07) is 12.2. The molecule has 0 atom stereocenters. The maximum atomic E-state index is 12.3. The molecular weight excluding hydrogens is 467 g/mol. The van der Waals surface area contributed by atoms with Crippen LogP contribution in [-0.2, 0) is 6.42 Å². The maximum Gasteiger partial charge on any atom is 0.573 e. The van der Waals surface area contributed by atoms with Crippen LogP contribution in [0.15, 0.2) is 60.9 Å². The van der Waals surface area contributed by atoms with Crippen LogP contribution in [0.4, 0.5) is 13.2 Å². The van der Waals surface area contributed by atoms with Crippen LogP contribution in [0, 0.1) is 0 Å². The minimum atomic E-state index is -4.78. The van der Waals surface area contributed by atoms with Crippen molar-refractivity contribution in [2.45, 2.75) is 19.7 Å². The van der Waals surface area contributed by atoms with E-state index in [0.29, 0.717) is 40.7 Å². The van der Waals surface area contributed by atoms with Gasteiger partial charge in [-0.15, -0.1) is 13.2 Å². The second-order valence-corrected chi connectivity index (χ2v) is 7.26. The molecule has 0 saturated carbocycles. The van der Waals surface area contributed by atoms with Crippen LogP contribution in [0.3, 0.4) is 0 Å². The number of halogens is 3. The highest BCUT2D eigenvalue weighted by atomic mass is 19.4. The summed E-state index contributed by atoms with van der Waals surface area (Å²) in [7, 11) is 0. The van der Waals surface area contributed by atoms with E-state index >= 15 is 0 Å². The van der Waals surface area contributed by atoms with E-state index in [2.05, 4.69) is 14.7 Å². The quantitative estimate of drug-likeness (QED) is 0.355. The first-order valence-electron chi connectivity index (χ1n) is 10.6. The summed E-state index contributed by atoms with van der Waals surface area (Å²) in [6.45, 7) is 2.43. The molecule has 2 aromatic carbocycles. The van der Waals surface area contributed by atoms with Crippen molar-refractivity contribution in [2.24, 2.45) is 0 Å². The summed E-state index contributed by atoms with van der Waals surface area (Å²) in [5.74, 6) is -0.612. The van der Waals surface area contributed by atoms with Crippen molar-refractivity contribution in [1.82, 2.24) is 14.4 Å². The van der Waals surface area contributed by atoms with Crippen LogP contribution in [-0.4, -0.2) is 45.0 Å². The van der Waals surface area contributed by atoms with Gasteiger partial charge in [0.1, 0.15) is 22.9 Å². The average Bonchev–Trinajstić information content (AvgIpc) is 3.19. The molecular formula is C24H20F3N3O5. The Morgan fingerprint density at radius 1 is 1.06 bits per heavy atom. The van der Waals surface area contributed by atoms with Gasteiger partial charge in [-0.25, -0.2) is 9.78 Å². The summed E-state index contributed by atoms with van der Waals surface area (Å²) < 4.78 is 53.5. The number of fused-ring (bicyclic) bond motifs is 1. The zero-order chi connectivity index (χ0) is 25.0. The molecule has 11 heteroatoms. The first-order chi connectivity index (χ1) is 16.7. The van der Waals surface area contributed by atoms with Gasteiger partial charge in [0, 0.05) is 24.4 Å². The molecule has 0 unspecified atom stereocenters. The maximum absolute atomic E-state index is 12.3. The molecule has 0 spiro atoms. The van der Waals surface area contributed by atoms with Gasteiger partial charge in [-0.3, -0.25) is 9.38 Å². The van der Waals surface area contributed by atoms with E-state index in [1.54, 1.807) is 22.9 Å². The molecule has 182 valence electrons. The molecule has 0 bridgehead atoms. The topological polar surface area (TPSA) is 95.2 Å². The zero-order valence-corrected chi connectivity index (χ0v) is 18.5. The van der Waals surface area contributed by atoms with Crippen molar-refractivity contribution in [3.8, 4) is 28.5 Å². The van der Waals surface area contributed by atoms with Crippen LogP contribution in [0.5, 0.6) is 17.2 Å². The van der Waals surface area contributed by atoms with Crippen LogP contribution in [0.2, 0.25) is 0 Å². The summed E-state index contributed by atoms with van der Waals surface area (Å²) in [6.07, 6.45) is -1.45. The normalized spacial score (nSPS) is 11.4. The van der Waals surface area contributed by atoms with Crippen molar-refractivity contribution in [1.29, 1.82) is 0 Å². The predicted octanol–water partition coefficient (Wildman–Crippen LogP) is 5.01. The van der Waals surface area contributed by atoms with Crippen molar-refractivity contribution in [3.63, 3.8) is 0 Å². The number of hydrogen-bond acceptors (Lipinski definition) is 6. The Bertz CT molecular complexity index is 1340. The molecule has 4 rings (SSSR count). The Morgan fingerprint density at radius 3 is 2.49 bits per heavy atom. The molecule has 2 heterocycles. The van der Waals surface area contributed by atoms with Crippen LogP contribution in [0.25, 0.3) is 16.9 Å². The Balaban J connectivity index is 1.57. The average molecular weight is 487 g/mol. The fourth-order valence-corrected chi connectivity index (χ4v) is 3.54. The van der Waals surface area contributed by atoms with E-state index in [-0.39, 0.29) is 24.5 Å². The second-order valence-electron chi connectivity index (χ2n) is 7.26. The third-order valence-corrected chi connectivity index (χ3v) is 4.93. The number of imidazole rings is 1. The number of nitrogens with zero attached hydrogens (tertiary/aromatic N) is 3. The highest BCUT2D eigenvalue weighted by Gasteiger charge is 2.31. The summed E-state index contributed by atoms with van der Waals surface area (Å²) >= 11 is 0. The molecule has 35 heavy (non-hydrogen) atoms. The van der Waals surface area contributed by atoms with E-state index in [1.807, 2.05) is 25.1 Å². The standard InChI is InChI=1S/C24H20F3N3O5/c1-2-33-18-5-3-4-15(14-18)20-22-29-21(23(31)32)19(30(22)12-11-28-20)10-13-34-16-6-8-17(9-7-16)35-24(25,26)27/h3-9,11-12,14H,2,10,13H2,1H3,(H,31,32). The summed E-state index contributed by atoms with van der Waals surface area (Å²) in [4.78, 5) is 20.6. The molecule has 4 aromatic rings. The van der Waals surface area contributed by atoms with Crippen LogP contribution >= 0.6 is 0 Å². The van der Waals surface area contributed by atoms with Gasteiger partial charge < -0.3 is 19.3 Å². The van der Waals surface area contributed by atoms with Crippen molar-refractivity contribution < 1.29 is 37.3 Å². The lowest BCUT2D eigenvalue weighted by Gasteiger charge is -2.10. The molecule has 1 N–H and O–H groups in total. The summed E-state index contributed by atoms with van der Waals surface area (Å²) in [5, 5.41) is 9.72. The number of aromatic nitrogens is 3. The number of ether oxygens (including phenoxy) is 3. The number of carbonyl (C=O) groups is 1. The molecule has 0 amide bonds. The third kappa shape index (κ3) is 5.62. The minimum Gasteiger partial charge on any atom is -0.494 e. The number of rotatable bonds is 9. The number of carboxylic acids is 1. The Morgan fingerprint density at radius 2 is 1.80 bits per heavy atom. The van der Waals surface area contributed by atoms with Gasteiger partial charge in [0.25, 0.3) is 0 Å². The molecule has 2 aromatic heterocycles. The minimum absolute atomic E-state index is 0.0605. The second kappa shape index (κ2) is 9.92. The number of carboxylic acid groups (broad SMARTS) is 1. The number of benzene rings is 2. The Labute approximate surface area is 197 Å². The van der Waals surface area contributed by atoms with E-state index in [0.717, 1.165) is 12.1 Å². The first-order valence-corrected chi connectivity index (χ1v) is 10.6. The number of aromatic carboxylic acids is 1. The van der Waals surface area contributed by atoms with Gasteiger partial charge >= 0.3 is 12.3 Å². The predicted molar refractivity (Wildman–Crippen MR) is 119 cm³/mol. The Hall–Kier alpha value is -4.28. The largest absolute Gasteiger partial charge is 0.573 e. The monoisotopic (exact) mass is 487 g/mol.